The average molecular weight is 356 g/mol. The number of anilines is 1. The molecule has 136 valence electrons. The molecule has 1 aromatic rings. The first kappa shape index (κ1) is 17.1. The first-order chi connectivity index (χ1) is 11.9. The number of aliphatic hydroxyl groups excluding tert-OH is 1. The van der Waals surface area contributed by atoms with Crippen LogP contribution in [0.3, 0.4) is 0 Å². The van der Waals surface area contributed by atoms with Gasteiger partial charge in [0.2, 0.25) is 0 Å². The Hall–Kier alpha value is -2.70. The average Bonchev–Trinajstić information content (AvgIpc) is 3.10. The quantitative estimate of drug-likeness (QED) is 0.405. The fourth-order valence-corrected chi connectivity index (χ4v) is 2.46. The van der Waals surface area contributed by atoms with Gasteiger partial charge in [0.25, 0.3) is 0 Å². The highest BCUT2D eigenvalue weighted by Gasteiger charge is 2.55. The maximum atomic E-state index is 12.2. The van der Waals surface area contributed by atoms with Gasteiger partial charge in [-0.15, -0.1) is 0 Å². The summed E-state index contributed by atoms with van der Waals surface area (Å²) >= 11 is 0. The minimum Gasteiger partial charge on any atom is -0.424 e. The Morgan fingerprint density at radius 3 is 2.84 bits per heavy atom. The molecular weight excluding hydrogens is 340 g/mol. The van der Waals surface area contributed by atoms with Gasteiger partial charge in [0.15, 0.2) is 24.3 Å². The number of fused-ring (bicyclic) bond motifs is 1. The van der Waals surface area contributed by atoms with Crippen molar-refractivity contribution in [2.24, 2.45) is 5.73 Å². The number of ether oxygens (including phenoxy) is 3. The number of nitrogens with two attached hydrogens (primary N) is 1. The summed E-state index contributed by atoms with van der Waals surface area (Å²) in [6.45, 7) is 1.02. The van der Waals surface area contributed by atoms with Gasteiger partial charge < -0.3 is 29.9 Å². The van der Waals surface area contributed by atoms with Crippen molar-refractivity contribution in [3.8, 4) is 0 Å². The number of rotatable bonds is 5. The van der Waals surface area contributed by atoms with Crippen molar-refractivity contribution in [2.45, 2.75) is 37.5 Å². The number of aromatic nitrogens is 2. The molecule has 5 atom stereocenters. The zero-order valence-corrected chi connectivity index (χ0v) is 13.0. The maximum Gasteiger partial charge on any atom is 0.509 e. The molecule has 0 bridgehead atoms. The van der Waals surface area contributed by atoms with E-state index in [9.17, 15) is 19.5 Å². The van der Waals surface area contributed by atoms with E-state index in [-0.39, 0.29) is 5.82 Å². The van der Waals surface area contributed by atoms with E-state index in [0.717, 1.165) is 4.57 Å². The van der Waals surface area contributed by atoms with Crippen LogP contribution in [0.15, 0.2) is 17.1 Å². The van der Waals surface area contributed by atoms with E-state index in [0.29, 0.717) is 0 Å². The zero-order chi connectivity index (χ0) is 18.1. The molecule has 12 heteroatoms. The molecule has 0 aromatic carbocycles. The third-order valence-electron chi connectivity index (χ3n) is 3.66. The molecule has 1 aromatic heterocycles. The van der Waals surface area contributed by atoms with Crippen LogP contribution in [0.1, 0.15) is 13.2 Å². The van der Waals surface area contributed by atoms with Gasteiger partial charge in [-0.2, -0.15) is 4.98 Å². The molecule has 2 fully saturated rings. The molecule has 3 heterocycles. The van der Waals surface area contributed by atoms with Crippen molar-refractivity contribution < 1.29 is 33.7 Å². The number of hydrogen-bond donors (Lipinski definition) is 3. The van der Waals surface area contributed by atoms with Crippen molar-refractivity contribution in [1.82, 2.24) is 9.55 Å². The highest BCUT2D eigenvalue weighted by Crippen LogP contribution is 2.36. The molecule has 0 amide bonds. The molecule has 12 nitrogen and oxygen atoms in total. The van der Waals surface area contributed by atoms with Crippen LogP contribution < -0.4 is 16.9 Å². The van der Waals surface area contributed by atoms with Gasteiger partial charge in [0, 0.05) is 12.3 Å². The number of aliphatic hydroxyl groups is 1. The van der Waals surface area contributed by atoms with E-state index in [1.165, 1.54) is 19.2 Å². The third kappa shape index (κ3) is 3.26. The molecule has 0 unspecified atom stereocenters. The molecule has 2 saturated heterocycles. The van der Waals surface area contributed by atoms with Gasteiger partial charge in [-0.1, -0.05) is 0 Å². The predicted molar refractivity (Wildman–Crippen MR) is 78.0 cm³/mol. The van der Waals surface area contributed by atoms with Gasteiger partial charge in [-0.25, -0.2) is 19.9 Å². The van der Waals surface area contributed by atoms with E-state index in [4.69, 9.17) is 19.9 Å². The lowest BCUT2D eigenvalue weighted by molar-refractivity contribution is -0.141. The van der Waals surface area contributed by atoms with Crippen LogP contribution in [0.25, 0.3) is 0 Å². The summed E-state index contributed by atoms with van der Waals surface area (Å²) in [7, 11) is 0. The summed E-state index contributed by atoms with van der Waals surface area (Å²) < 4.78 is 16.5. The summed E-state index contributed by atoms with van der Waals surface area (Å²) in [5, 5.41) is 9.30. The second kappa shape index (κ2) is 6.66. The fourth-order valence-electron chi connectivity index (χ4n) is 2.46. The Kier molecular flexibility index (Phi) is 4.57. The molecule has 4 N–H and O–H groups in total. The van der Waals surface area contributed by atoms with E-state index in [2.05, 4.69) is 15.3 Å². The standard InChI is InChI=1S/C13H16N4O8/c1-5(14)11(19)25-16-7-2-3-17(12(20)15-7)10-9-8(6(4-18)22-10)23-13(21)24-9/h2-3,5-6,8-10,18H,4,14H2,1H3,(H,15,16,20)/t5-,6+,8+,9+,10+/m0/s1. The van der Waals surface area contributed by atoms with Gasteiger partial charge >= 0.3 is 17.8 Å². The number of nitrogens with one attached hydrogen (secondary N) is 1. The van der Waals surface area contributed by atoms with Crippen molar-refractivity contribution in [3.63, 3.8) is 0 Å². The molecule has 0 radical (unpaired) electrons. The van der Waals surface area contributed by atoms with E-state index >= 15 is 0 Å². The second-order valence-electron chi connectivity index (χ2n) is 5.48. The monoisotopic (exact) mass is 356 g/mol. The van der Waals surface area contributed by atoms with Gasteiger partial charge in [-0.05, 0) is 6.92 Å². The van der Waals surface area contributed by atoms with Crippen molar-refractivity contribution in [1.29, 1.82) is 0 Å². The molecule has 0 spiro atoms. The Morgan fingerprint density at radius 2 is 2.20 bits per heavy atom. The number of carbonyl (C=O) groups excluding carboxylic acids is 2. The highest BCUT2D eigenvalue weighted by atomic mass is 16.8. The van der Waals surface area contributed by atoms with Gasteiger partial charge in [-0.3, -0.25) is 4.57 Å². The Labute approximate surface area is 140 Å². The summed E-state index contributed by atoms with van der Waals surface area (Å²) in [5.74, 6) is -0.753. The predicted octanol–water partition coefficient (Wildman–Crippen LogP) is -1.75. The molecule has 2 aliphatic rings. The molecule has 0 saturated carbocycles. The fraction of sp³-hybridized carbons (Fsp3) is 0.538. The molecule has 3 rings (SSSR count). The molecule has 25 heavy (non-hydrogen) atoms. The van der Waals surface area contributed by atoms with E-state index in [1.54, 1.807) is 0 Å². The SMILES string of the molecule is C[C@H](N)C(=O)ONc1ccn([C@@H]2O[C@H](CO)[C@H]3OC(=O)O[C@H]32)c(=O)n1. The van der Waals surface area contributed by atoms with Crippen molar-refractivity contribution in [2.75, 3.05) is 12.1 Å². The van der Waals surface area contributed by atoms with Crippen LogP contribution in [0, 0.1) is 0 Å². The first-order valence-electron chi connectivity index (χ1n) is 7.35. The lowest BCUT2D eigenvalue weighted by atomic mass is 10.1. The van der Waals surface area contributed by atoms with Gasteiger partial charge in [0.05, 0.1) is 6.61 Å². The normalized spacial score (nSPS) is 28.7. The minimum absolute atomic E-state index is 0.0248. The maximum absolute atomic E-state index is 12.2. The van der Waals surface area contributed by atoms with Crippen LogP contribution in [0.2, 0.25) is 0 Å². The van der Waals surface area contributed by atoms with Crippen molar-refractivity contribution in [3.05, 3.63) is 22.7 Å². The second-order valence-corrected chi connectivity index (χ2v) is 5.48. The summed E-state index contributed by atoms with van der Waals surface area (Å²) in [6.07, 6.45) is -3.13. The number of hydrogen-bond acceptors (Lipinski definition) is 11. The largest absolute Gasteiger partial charge is 0.509 e. The molecular formula is C13H16N4O8. The lowest BCUT2D eigenvalue weighted by Crippen LogP contribution is -2.35. The lowest BCUT2D eigenvalue weighted by Gasteiger charge is -2.18. The smallest absolute Gasteiger partial charge is 0.424 e. The van der Waals surface area contributed by atoms with E-state index < -0.39 is 55.0 Å². The zero-order valence-electron chi connectivity index (χ0n) is 13.0. The minimum atomic E-state index is -1.01. The first-order valence-corrected chi connectivity index (χ1v) is 7.35. The Bertz CT molecular complexity index is 735. The molecule has 2 aliphatic heterocycles. The van der Waals surface area contributed by atoms with Crippen molar-refractivity contribution >= 4 is 17.9 Å². The van der Waals surface area contributed by atoms with Crippen LogP contribution in [0.4, 0.5) is 10.6 Å². The topological polar surface area (TPSA) is 164 Å². The summed E-state index contributed by atoms with van der Waals surface area (Å²) in [6, 6.07) is 0.502. The van der Waals surface area contributed by atoms with Crippen LogP contribution in [-0.2, 0) is 23.8 Å². The van der Waals surface area contributed by atoms with Crippen LogP contribution in [0.5, 0.6) is 0 Å². The van der Waals surface area contributed by atoms with E-state index in [1.807, 2.05) is 0 Å². The Balaban J connectivity index is 1.76. The summed E-state index contributed by atoms with van der Waals surface area (Å²) in [5.41, 5.74) is 6.79. The van der Waals surface area contributed by atoms with Gasteiger partial charge in [0.1, 0.15) is 12.1 Å². The van der Waals surface area contributed by atoms with Crippen LogP contribution >= 0.6 is 0 Å². The number of carbonyl (C=O) groups is 2. The highest BCUT2D eigenvalue weighted by molar-refractivity contribution is 5.75. The third-order valence-corrected chi connectivity index (χ3v) is 3.66. The Morgan fingerprint density at radius 1 is 1.48 bits per heavy atom. The number of nitrogens with zero attached hydrogens (tertiary/aromatic N) is 2. The molecule has 0 aliphatic carbocycles. The van der Waals surface area contributed by atoms with Crippen LogP contribution in [-0.4, -0.2) is 57.7 Å². The summed E-state index contributed by atoms with van der Waals surface area (Å²) in [4.78, 5) is 43.1.